The highest BCUT2D eigenvalue weighted by atomic mass is 32.2. The summed E-state index contributed by atoms with van der Waals surface area (Å²) in [6, 6.07) is 5.95. The van der Waals surface area contributed by atoms with Crippen molar-refractivity contribution >= 4 is 27.9 Å². The zero-order valence-corrected chi connectivity index (χ0v) is 15.8. The maximum Gasteiger partial charge on any atom is 0.239 e. The minimum absolute atomic E-state index is 0.0410. The summed E-state index contributed by atoms with van der Waals surface area (Å²) in [4.78, 5) is 7.78. The van der Waals surface area contributed by atoms with Crippen molar-refractivity contribution in [2.45, 2.75) is 12.5 Å². The van der Waals surface area contributed by atoms with Crippen LogP contribution in [-0.2, 0) is 15.6 Å². The Balaban J connectivity index is 2.05. The van der Waals surface area contributed by atoms with Crippen LogP contribution in [0.4, 0.5) is 13.2 Å². The second-order valence-electron chi connectivity index (χ2n) is 6.56. The number of rotatable bonds is 3. The highest BCUT2D eigenvalue weighted by Crippen LogP contribution is 2.34. The smallest absolute Gasteiger partial charge is 0.239 e. The maximum absolute atomic E-state index is 14.5. The predicted molar refractivity (Wildman–Crippen MR) is 100 cm³/mol. The Hall–Kier alpha value is -2.88. The second-order valence-corrected chi connectivity index (χ2v) is 8.56. The molecular weight excluding hydrogens is 393 g/mol. The Morgan fingerprint density at radius 3 is 2.61 bits per heavy atom. The number of pyridine rings is 1. The van der Waals surface area contributed by atoms with Gasteiger partial charge in [0.2, 0.25) is 16.0 Å². The molecule has 0 saturated heterocycles. The van der Waals surface area contributed by atoms with Crippen molar-refractivity contribution in [1.29, 1.82) is 0 Å². The first kappa shape index (κ1) is 19.9. The number of benzene rings is 1. The van der Waals surface area contributed by atoms with Crippen molar-refractivity contribution in [1.82, 2.24) is 9.29 Å². The van der Waals surface area contributed by atoms with Crippen LogP contribution in [0, 0.1) is 11.6 Å². The summed E-state index contributed by atoms with van der Waals surface area (Å²) in [5.41, 5.74) is 4.33. The molecular formula is C18H17F3N4O2S. The van der Waals surface area contributed by atoms with Gasteiger partial charge < -0.3 is 5.73 Å². The average Bonchev–Trinajstić information content (AvgIpc) is 2.61. The third-order valence-electron chi connectivity index (χ3n) is 4.40. The summed E-state index contributed by atoms with van der Waals surface area (Å²) in [7, 11) is -2.53. The first-order valence-corrected chi connectivity index (χ1v) is 9.74. The normalized spacial score (nSPS) is 22.1. The van der Waals surface area contributed by atoms with Gasteiger partial charge in [0, 0.05) is 12.6 Å². The topological polar surface area (TPSA) is 88.7 Å². The Kier molecular flexibility index (Phi) is 4.92. The summed E-state index contributed by atoms with van der Waals surface area (Å²) in [6.07, 6.45) is 1.96. The molecule has 0 fully saturated rings. The van der Waals surface area contributed by atoms with Crippen LogP contribution in [0.15, 0.2) is 41.5 Å². The average molecular weight is 410 g/mol. The van der Waals surface area contributed by atoms with Crippen molar-refractivity contribution in [2.24, 2.45) is 10.7 Å². The van der Waals surface area contributed by atoms with Gasteiger partial charge in [-0.05, 0) is 42.8 Å². The van der Waals surface area contributed by atoms with E-state index in [0.29, 0.717) is 0 Å². The van der Waals surface area contributed by atoms with E-state index in [1.807, 2.05) is 0 Å². The minimum Gasteiger partial charge on any atom is -0.369 e. The second kappa shape index (κ2) is 6.93. The fraction of sp³-hybridized carbons (Fsp3) is 0.222. The van der Waals surface area contributed by atoms with Gasteiger partial charge in [0.05, 0.1) is 17.6 Å². The molecule has 0 unspecified atom stereocenters. The quantitative estimate of drug-likeness (QED) is 0.843. The van der Waals surface area contributed by atoms with Crippen molar-refractivity contribution in [3.8, 4) is 0 Å². The Morgan fingerprint density at radius 1 is 1.29 bits per heavy atom. The number of aliphatic imine (C=N–C) groups is 1. The lowest BCUT2D eigenvalue weighted by Crippen LogP contribution is -2.50. The van der Waals surface area contributed by atoms with Crippen LogP contribution < -0.4 is 5.73 Å². The number of guanidine groups is 1. The van der Waals surface area contributed by atoms with Crippen molar-refractivity contribution in [3.63, 3.8) is 0 Å². The Labute approximate surface area is 160 Å². The number of hydrogen-bond acceptors (Lipinski definition) is 5. The number of hydrogen-bond donors (Lipinski definition) is 1. The van der Waals surface area contributed by atoms with Crippen LogP contribution >= 0.6 is 0 Å². The molecule has 0 aliphatic carbocycles. The molecule has 1 aliphatic rings. The summed E-state index contributed by atoms with van der Waals surface area (Å²) < 4.78 is 67.2. The van der Waals surface area contributed by atoms with Gasteiger partial charge in [0.1, 0.15) is 23.0 Å². The van der Waals surface area contributed by atoms with Crippen LogP contribution in [0.1, 0.15) is 23.7 Å². The molecule has 0 amide bonds. The SMILES string of the molecule is CN1C(N)=N[C@](C)(c2cc(/C=C(\F)c3ccc(F)cn3)ccc2F)CS1(=O)=O. The van der Waals surface area contributed by atoms with Gasteiger partial charge in [0.25, 0.3) is 0 Å². The van der Waals surface area contributed by atoms with Gasteiger partial charge >= 0.3 is 0 Å². The van der Waals surface area contributed by atoms with Gasteiger partial charge in [-0.25, -0.2) is 30.9 Å². The number of halogens is 3. The van der Waals surface area contributed by atoms with Crippen LogP contribution in [-0.4, -0.2) is 36.5 Å². The molecule has 2 heterocycles. The van der Waals surface area contributed by atoms with Crippen LogP contribution in [0.3, 0.4) is 0 Å². The van der Waals surface area contributed by atoms with Crippen LogP contribution in [0.25, 0.3) is 11.9 Å². The number of aromatic nitrogens is 1. The lowest BCUT2D eigenvalue weighted by atomic mass is 9.92. The molecule has 3 rings (SSSR count). The molecule has 1 aromatic carbocycles. The molecule has 148 valence electrons. The molecule has 0 bridgehead atoms. The first-order chi connectivity index (χ1) is 13.0. The summed E-state index contributed by atoms with van der Waals surface area (Å²) in [5, 5.41) is 0. The zero-order chi connectivity index (χ0) is 20.7. The van der Waals surface area contributed by atoms with Crippen molar-refractivity contribution in [3.05, 3.63) is 65.0 Å². The monoisotopic (exact) mass is 410 g/mol. The third-order valence-corrected chi connectivity index (χ3v) is 6.35. The maximum atomic E-state index is 14.5. The lowest BCUT2D eigenvalue weighted by Gasteiger charge is -2.34. The standard InChI is InChI=1S/C18H17F3N4O2S/c1-18(10-28(26,27)25(2)17(22)24-18)13-7-11(3-5-14(13)20)8-15(21)16-6-4-12(19)9-23-16/h3-9H,10H2,1-2H3,(H2,22,24)/b15-8-/t18-/m0/s1. The van der Waals surface area contributed by atoms with E-state index in [0.717, 1.165) is 28.7 Å². The van der Waals surface area contributed by atoms with E-state index in [9.17, 15) is 21.6 Å². The summed E-state index contributed by atoms with van der Waals surface area (Å²) in [6.45, 7) is 1.44. The van der Waals surface area contributed by atoms with Crippen LogP contribution in [0.5, 0.6) is 0 Å². The molecule has 28 heavy (non-hydrogen) atoms. The largest absolute Gasteiger partial charge is 0.369 e. The van der Waals surface area contributed by atoms with E-state index < -0.39 is 38.8 Å². The fourth-order valence-electron chi connectivity index (χ4n) is 2.87. The molecule has 0 spiro atoms. The molecule has 0 saturated carbocycles. The van der Waals surface area contributed by atoms with Gasteiger partial charge in [0.15, 0.2) is 0 Å². The molecule has 1 aromatic heterocycles. The predicted octanol–water partition coefficient (Wildman–Crippen LogP) is 2.63. The van der Waals surface area contributed by atoms with Crippen LogP contribution in [0.2, 0.25) is 0 Å². The van der Waals surface area contributed by atoms with E-state index >= 15 is 0 Å². The fourth-order valence-corrected chi connectivity index (χ4v) is 4.32. The van der Waals surface area contributed by atoms with E-state index in [1.165, 1.54) is 32.2 Å². The van der Waals surface area contributed by atoms with E-state index in [4.69, 9.17) is 5.73 Å². The zero-order valence-electron chi connectivity index (χ0n) is 15.0. The lowest BCUT2D eigenvalue weighted by molar-refractivity contribution is 0.458. The molecule has 6 nitrogen and oxygen atoms in total. The first-order valence-electron chi connectivity index (χ1n) is 8.13. The summed E-state index contributed by atoms with van der Waals surface area (Å²) in [5.74, 6) is -2.83. The highest BCUT2D eigenvalue weighted by Gasteiger charge is 2.41. The van der Waals surface area contributed by atoms with Gasteiger partial charge in [-0.15, -0.1) is 0 Å². The Bertz CT molecular complexity index is 1080. The molecule has 1 aliphatic heterocycles. The highest BCUT2D eigenvalue weighted by molar-refractivity contribution is 7.89. The van der Waals surface area contributed by atoms with Gasteiger partial charge in [-0.2, -0.15) is 0 Å². The van der Waals surface area contributed by atoms with Crippen molar-refractivity contribution < 1.29 is 21.6 Å². The van der Waals surface area contributed by atoms with E-state index in [1.54, 1.807) is 0 Å². The molecule has 0 radical (unpaired) electrons. The van der Waals surface area contributed by atoms with E-state index in [-0.39, 0.29) is 22.8 Å². The Morgan fingerprint density at radius 2 is 2.00 bits per heavy atom. The summed E-state index contributed by atoms with van der Waals surface area (Å²) >= 11 is 0. The van der Waals surface area contributed by atoms with Gasteiger partial charge in [-0.3, -0.25) is 4.98 Å². The number of sulfonamides is 1. The van der Waals surface area contributed by atoms with Crippen molar-refractivity contribution in [2.75, 3.05) is 12.8 Å². The van der Waals surface area contributed by atoms with Gasteiger partial charge in [-0.1, -0.05) is 6.07 Å². The minimum atomic E-state index is -3.79. The molecule has 2 N–H and O–H groups in total. The molecule has 2 aromatic rings. The third kappa shape index (κ3) is 3.72. The molecule has 10 heteroatoms. The van der Waals surface area contributed by atoms with E-state index in [2.05, 4.69) is 9.98 Å². The molecule has 1 atom stereocenters. The number of nitrogens with zero attached hydrogens (tertiary/aromatic N) is 3. The number of nitrogens with two attached hydrogens (primary N) is 1.